The highest BCUT2D eigenvalue weighted by Gasteiger charge is 2.34. The van der Waals surface area contributed by atoms with E-state index in [4.69, 9.17) is 14.2 Å². The Morgan fingerprint density at radius 1 is 1.33 bits per heavy atom. The number of hydrogen-bond acceptors (Lipinski definition) is 6. The van der Waals surface area contributed by atoms with Crippen LogP contribution in [0.5, 0.6) is 11.5 Å². The topological polar surface area (TPSA) is 82.1 Å². The van der Waals surface area contributed by atoms with Crippen LogP contribution in [0.1, 0.15) is 62.9 Å². The van der Waals surface area contributed by atoms with Gasteiger partial charge in [-0.2, -0.15) is 0 Å². The Balaban J connectivity index is 2.00. The molecule has 1 aliphatic heterocycles. The van der Waals surface area contributed by atoms with Crippen molar-refractivity contribution in [3.05, 3.63) is 41.5 Å². The molecule has 1 heterocycles. The number of phenols is 1. The third-order valence-corrected chi connectivity index (χ3v) is 4.97. The molecule has 0 radical (unpaired) electrons. The average molecular weight is 417 g/mol. The molecule has 0 spiro atoms. The fourth-order valence-corrected chi connectivity index (χ4v) is 3.36. The van der Waals surface area contributed by atoms with E-state index >= 15 is 0 Å². The fourth-order valence-electron chi connectivity index (χ4n) is 3.36. The van der Waals surface area contributed by atoms with Crippen molar-refractivity contribution in [3.8, 4) is 11.5 Å². The molecular formula is C24H32O6. The van der Waals surface area contributed by atoms with Crippen molar-refractivity contribution in [2.45, 2.75) is 58.7 Å². The minimum Gasteiger partial charge on any atom is -0.507 e. The largest absolute Gasteiger partial charge is 0.507 e. The fraction of sp³-hybridized carbons (Fsp3) is 0.500. The summed E-state index contributed by atoms with van der Waals surface area (Å²) >= 11 is 0. The second-order valence-electron chi connectivity index (χ2n) is 8.15. The molecule has 0 bridgehead atoms. The number of rotatable bonds is 9. The number of allylic oxidation sites excluding steroid dienone is 2. The summed E-state index contributed by atoms with van der Waals surface area (Å²) in [5.41, 5.74) is 0.361. The van der Waals surface area contributed by atoms with Gasteiger partial charge in [0.1, 0.15) is 23.2 Å². The van der Waals surface area contributed by atoms with E-state index < -0.39 is 12.1 Å². The van der Waals surface area contributed by atoms with Crippen LogP contribution in [0.2, 0.25) is 0 Å². The Labute approximate surface area is 178 Å². The molecule has 6 heteroatoms. The van der Waals surface area contributed by atoms with Crippen molar-refractivity contribution in [1.29, 1.82) is 0 Å². The van der Waals surface area contributed by atoms with E-state index in [1.165, 1.54) is 13.2 Å². The van der Waals surface area contributed by atoms with Gasteiger partial charge in [-0.15, -0.1) is 0 Å². The molecule has 0 saturated carbocycles. The SMILES string of the molecule is CC/C=C/c1cc(OC)cc(O)c1C(=O)O[C@@H](C)C/C=C\C(=O)[C@@H]1COC(C)(C)C1. The van der Waals surface area contributed by atoms with Gasteiger partial charge in [0.2, 0.25) is 0 Å². The van der Waals surface area contributed by atoms with Crippen LogP contribution in [-0.4, -0.2) is 42.3 Å². The number of esters is 1. The molecule has 0 unspecified atom stereocenters. The summed E-state index contributed by atoms with van der Waals surface area (Å²) in [7, 11) is 1.49. The summed E-state index contributed by atoms with van der Waals surface area (Å²) in [5.74, 6) is -0.466. The first-order chi connectivity index (χ1) is 14.2. The summed E-state index contributed by atoms with van der Waals surface area (Å²) in [4.78, 5) is 25.0. The Morgan fingerprint density at radius 3 is 2.67 bits per heavy atom. The number of ether oxygens (including phenoxy) is 3. The monoisotopic (exact) mass is 416 g/mol. The molecule has 164 valence electrons. The summed E-state index contributed by atoms with van der Waals surface area (Å²) in [6.45, 7) is 8.11. The lowest BCUT2D eigenvalue weighted by atomic mass is 9.94. The van der Waals surface area contributed by atoms with Crippen molar-refractivity contribution >= 4 is 17.8 Å². The number of phenolic OH excluding ortho intramolecular Hbond substituents is 1. The van der Waals surface area contributed by atoms with Crippen molar-refractivity contribution in [2.24, 2.45) is 5.92 Å². The lowest BCUT2D eigenvalue weighted by Gasteiger charge is -2.15. The minimum absolute atomic E-state index is 0.0267. The van der Waals surface area contributed by atoms with E-state index in [9.17, 15) is 14.7 Å². The molecule has 0 aliphatic carbocycles. The van der Waals surface area contributed by atoms with Crippen LogP contribution in [0.3, 0.4) is 0 Å². The van der Waals surface area contributed by atoms with Crippen LogP contribution >= 0.6 is 0 Å². The highest BCUT2D eigenvalue weighted by atomic mass is 16.5. The van der Waals surface area contributed by atoms with E-state index in [-0.39, 0.29) is 28.6 Å². The normalized spacial score (nSPS) is 19.3. The van der Waals surface area contributed by atoms with Crippen molar-refractivity contribution in [2.75, 3.05) is 13.7 Å². The zero-order valence-electron chi connectivity index (χ0n) is 18.4. The second-order valence-corrected chi connectivity index (χ2v) is 8.15. The van der Waals surface area contributed by atoms with Crippen molar-refractivity contribution in [3.63, 3.8) is 0 Å². The van der Waals surface area contributed by atoms with Gasteiger partial charge in [0.25, 0.3) is 0 Å². The highest BCUT2D eigenvalue weighted by Crippen LogP contribution is 2.31. The summed E-state index contributed by atoms with van der Waals surface area (Å²) in [5, 5.41) is 10.3. The molecule has 1 aromatic rings. The van der Waals surface area contributed by atoms with Gasteiger partial charge < -0.3 is 19.3 Å². The van der Waals surface area contributed by atoms with Crippen LogP contribution in [0, 0.1) is 5.92 Å². The third kappa shape index (κ3) is 6.46. The molecule has 1 aliphatic rings. The molecule has 0 amide bonds. The Morgan fingerprint density at radius 2 is 2.07 bits per heavy atom. The van der Waals surface area contributed by atoms with E-state index in [1.807, 2.05) is 26.8 Å². The van der Waals surface area contributed by atoms with Gasteiger partial charge in [0.15, 0.2) is 5.78 Å². The van der Waals surface area contributed by atoms with Gasteiger partial charge in [0, 0.05) is 18.4 Å². The lowest BCUT2D eigenvalue weighted by Crippen LogP contribution is -2.18. The van der Waals surface area contributed by atoms with Gasteiger partial charge in [0.05, 0.1) is 19.3 Å². The Hall–Kier alpha value is -2.60. The number of hydrogen-bond donors (Lipinski definition) is 1. The number of ketones is 1. The van der Waals surface area contributed by atoms with E-state index in [0.717, 1.165) is 6.42 Å². The van der Waals surface area contributed by atoms with Crippen LogP contribution in [0.25, 0.3) is 6.08 Å². The minimum atomic E-state index is -0.621. The van der Waals surface area contributed by atoms with Gasteiger partial charge in [-0.25, -0.2) is 4.79 Å². The van der Waals surface area contributed by atoms with E-state index in [2.05, 4.69) is 0 Å². The molecule has 1 fully saturated rings. The number of aromatic hydroxyl groups is 1. The molecule has 1 N–H and O–H groups in total. The smallest absolute Gasteiger partial charge is 0.342 e. The molecule has 2 atom stereocenters. The maximum absolute atomic E-state index is 12.7. The second kappa shape index (κ2) is 10.4. The number of carbonyl (C=O) groups is 2. The Bertz CT molecular complexity index is 821. The van der Waals surface area contributed by atoms with Crippen LogP contribution < -0.4 is 4.74 Å². The van der Waals surface area contributed by atoms with Crippen molar-refractivity contribution in [1.82, 2.24) is 0 Å². The van der Waals surface area contributed by atoms with Gasteiger partial charge in [-0.3, -0.25) is 4.79 Å². The van der Waals surface area contributed by atoms with E-state index in [1.54, 1.807) is 31.2 Å². The maximum atomic E-state index is 12.7. The first-order valence-corrected chi connectivity index (χ1v) is 10.3. The molecule has 30 heavy (non-hydrogen) atoms. The quantitative estimate of drug-likeness (QED) is 0.464. The van der Waals surface area contributed by atoms with Gasteiger partial charge in [-0.1, -0.05) is 25.2 Å². The summed E-state index contributed by atoms with van der Waals surface area (Å²) in [6, 6.07) is 3.06. The van der Waals surface area contributed by atoms with E-state index in [0.29, 0.717) is 30.8 Å². The third-order valence-electron chi connectivity index (χ3n) is 4.97. The first kappa shape index (κ1) is 23.7. The zero-order chi connectivity index (χ0) is 22.3. The van der Waals surface area contributed by atoms with Crippen LogP contribution in [0.15, 0.2) is 30.4 Å². The molecule has 0 aromatic heterocycles. The molecular weight excluding hydrogens is 384 g/mol. The predicted molar refractivity (Wildman–Crippen MR) is 116 cm³/mol. The molecule has 2 rings (SSSR count). The Kier molecular flexibility index (Phi) is 8.24. The zero-order valence-corrected chi connectivity index (χ0v) is 18.4. The number of benzene rings is 1. The van der Waals surface area contributed by atoms with Crippen LogP contribution in [-0.2, 0) is 14.3 Å². The summed E-state index contributed by atoms with van der Waals surface area (Å²) < 4.78 is 16.3. The van der Waals surface area contributed by atoms with Crippen LogP contribution in [0.4, 0.5) is 0 Å². The van der Waals surface area contributed by atoms with Crippen molar-refractivity contribution < 1.29 is 28.9 Å². The highest BCUT2D eigenvalue weighted by molar-refractivity contribution is 5.97. The molecule has 1 saturated heterocycles. The van der Waals surface area contributed by atoms with Gasteiger partial charge in [-0.05, 0) is 51.3 Å². The first-order valence-electron chi connectivity index (χ1n) is 10.3. The standard InChI is InChI=1S/C24H32O6/c1-6-7-10-17-12-19(28-5)13-21(26)22(17)23(27)30-16(2)9-8-11-20(25)18-14-24(3,4)29-15-18/h7-8,10-13,16,18,26H,6,9,14-15H2,1-5H3/b10-7+,11-8-/t16-,18-/m0/s1. The summed E-state index contributed by atoms with van der Waals surface area (Å²) in [6.07, 6.45) is 8.32. The number of carbonyl (C=O) groups excluding carboxylic acids is 2. The molecule has 1 aromatic carbocycles. The number of methoxy groups -OCH3 is 1. The lowest BCUT2D eigenvalue weighted by molar-refractivity contribution is -0.118. The predicted octanol–water partition coefficient (Wildman–Crippen LogP) is 4.70. The average Bonchev–Trinajstić information content (AvgIpc) is 3.05. The maximum Gasteiger partial charge on any atom is 0.342 e. The van der Waals surface area contributed by atoms with Gasteiger partial charge >= 0.3 is 5.97 Å². The molecule has 6 nitrogen and oxygen atoms in total.